The molecule has 0 heterocycles. The molecule has 0 aliphatic carbocycles. The van der Waals surface area contributed by atoms with Crippen LogP contribution in [0.2, 0.25) is 0 Å². The van der Waals surface area contributed by atoms with Crippen molar-refractivity contribution >= 4 is 28.0 Å². The van der Waals surface area contributed by atoms with Crippen molar-refractivity contribution in [3.63, 3.8) is 0 Å². The fourth-order valence-electron chi connectivity index (χ4n) is 0.851. The molecule has 2 nitrogen and oxygen atoms in total. The number of nitrogens with one attached hydrogen (secondary N) is 1. The summed E-state index contributed by atoms with van der Waals surface area (Å²) in [6.07, 6.45) is 1.66. The van der Waals surface area contributed by atoms with Crippen molar-refractivity contribution in [1.82, 2.24) is 5.32 Å². The minimum absolute atomic E-state index is 0.940. The largest absolute Gasteiger partial charge is 0.379 e. The number of aryl methyl sites for hydroxylation is 1. The van der Waals surface area contributed by atoms with Gasteiger partial charge in [0.2, 0.25) is 0 Å². The summed E-state index contributed by atoms with van der Waals surface area (Å²) in [4.78, 5) is 4.18. The van der Waals surface area contributed by atoms with Crippen molar-refractivity contribution in [2.75, 3.05) is 7.05 Å². The Kier molecular flexibility index (Phi) is 3.29. The highest BCUT2D eigenvalue weighted by atomic mass is 79.9. The molecule has 0 aliphatic rings. The fourth-order valence-corrected chi connectivity index (χ4v) is 1.45. The summed E-state index contributed by atoms with van der Waals surface area (Å²) in [7, 11) is 1.82. The number of hydrogen-bond acceptors (Lipinski definition) is 1. The number of rotatable bonds is 2. The molecule has 0 unspecified atom stereocenters. The summed E-state index contributed by atoms with van der Waals surface area (Å²) in [5.41, 5.74) is 2.17. The highest BCUT2D eigenvalue weighted by Crippen LogP contribution is 2.25. The van der Waals surface area contributed by atoms with Crippen LogP contribution in [0, 0.1) is 6.92 Å². The lowest BCUT2D eigenvalue weighted by atomic mass is 10.2. The van der Waals surface area contributed by atoms with Gasteiger partial charge in [0.15, 0.2) is 0 Å². The van der Waals surface area contributed by atoms with E-state index in [1.165, 1.54) is 5.56 Å². The summed E-state index contributed by atoms with van der Waals surface area (Å²) in [6, 6.07) is 6.06. The predicted molar refractivity (Wildman–Crippen MR) is 56.1 cm³/mol. The van der Waals surface area contributed by atoms with Gasteiger partial charge in [0.05, 0.1) is 12.0 Å². The third kappa shape index (κ3) is 2.34. The van der Waals surface area contributed by atoms with Crippen molar-refractivity contribution in [2.24, 2.45) is 4.99 Å². The van der Waals surface area contributed by atoms with Gasteiger partial charge in [0.25, 0.3) is 0 Å². The van der Waals surface area contributed by atoms with E-state index in [0.717, 1.165) is 10.2 Å². The lowest BCUT2D eigenvalue weighted by Crippen LogP contribution is -1.99. The summed E-state index contributed by atoms with van der Waals surface area (Å²) in [6.45, 7) is 2.05. The average Bonchev–Trinajstić information content (AvgIpc) is 2.03. The van der Waals surface area contributed by atoms with Gasteiger partial charge in [0, 0.05) is 11.5 Å². The van der Waals surface area contributed by atoms with E-state index in [1.807, 2.05) is 25.2 Å². The fraction of sp³-hybridized carbons (Fsp3) is 0.222. The summed E-state index contributed by atoms with van der Waals surface area (Å²) in [5.74, 6) is 0. The molecule has 0 aliphatic heterocycles. The van der Waals surface area contributed by atoms with Crippen molar-refractivity contribution in [2.45, 2.75) is 6.92 Å². The van der Waals surface area contributed by atoms with Crippen LogP contribution >= 0.6 is 15.9 Å². The van der Waals surface area contributed by atoms with Gasteiger partial charge in [-0.25, -0.2) is 4.99 Å². The van der Waals surface area contributed by atoms with Crippen molar-refractivity contribution in [1.29, 1.82) is 0 Å². The van der Waals surface area contributed by atoms with E-state index in [0.29, 0.717) is 0 Å². The quantitative estimate of drug-likeness (QED) is 0.609. The minimum Gasteiger partial charge on any atom is -0.379 e. The maximum Gasteiger partial charge on any atom is 0.0884 e. The number of benzene rings is 1. The molecule has 0 aromatic heterocycles. The maximum absolute atomic E-state index is 4.18. The molecule has 0 atom stereocenters. The number of halogens is 1. The van der Waals surface area contributed by atoms with Crippen LogP contribution < -0.4 is 5.32 Å². The van der Waals surface area contributed by atoms with E-state index in [-0.39, 0.29) is 0 Å². The van der Waals surface area contributed by atoms with Crippen LogP contribution in [0.5, 0.6) is 0 Å². The molecule has 0 bridgehead atoms. The second kappa shape index (κ2) is 4.26. The van der Waals surface area contributed by atoms with Gasteiger partial charge < -0.3 is 5.32 Å². The zero-order valence-corrected chi connectivity index (χ0v) is 8.72. The summed E-state index contributed by atoms with van der Waals surface area (Å²) < 4.78 is 1.02. The molecular formula is C9H11BrN2. The Morgan fingerprint density at radius 1 is 1.50 bits per heavy atom. The Morgan fingerprint density at radius 3 is 2.83 bits per heavy atom. The van der Waals surface area contributed by atoms with E-state index in [1.54, 1.807) is 6.34 Å². The summed E-state index contributed by atoms with van der Waals surface area (Å²) in [5, 5.41) is 2.85. The van der Waals surface area contributed by atoms with Crippen LogP contribution in [0.15, 0.2) is 27.7 Å². The Labute approximate surface area is 80.8 Å². The average molecular weight is 227 g/mol. The van der Waals surface area contributed by atoms with Gasteiger partial charge in [-0.2, -0.15) is 0 Å². The van der Waals surface area contributed by atoms with Crippen molar-refractivity contribution in [3.05, 3.63) is 28.2 Å². The zero-order valence-electron chi connectivity index (χ0n) is 7.13. The topological polar surface area (TPSA) is 24.4 Å². The molecule has 1 aromatic rings. The number of hydrogen-bond donors (Lipinski definition) is 1. The van der Waals surface area contributed by atoms with Crippen molar-refractivity contribution in [3.8, 4) is 0 Å². The van der Waals surface area contributed by atoms with Crippen LogP contribution in [-0.4, -0.2) is 13.4 Å². The third-order valence-electron chi connectivity index (χ3n) is 1.44. The van der Waals surface area contributed by atoms with Crippen molar-refractivity contribution < 1.29 is 0 Å². The van der Waals surface area contributed by atoms with E-state index in [2.05, 4.69) is 33.2 Å². The van der Waals surface area contributed by atoms with Gasteiger partial charge in [-0.15, -0.1) is 0 Å². The third-order valence-corrected chi connectivity index (χ3v) is 2.07. The van der Waals surface area contributed by atoms with Crippen LogP contribution in [0.3, 0.4) is 0 Å². The van der Waals surface area contributed by atoms with Crippen LogP contribution in [0.1, 0.15) is 5.56 Å². The van der Waals surface area contributed by atoms with Gasteiger partial charge in [0.1, 0.15) is 0 Å². The molecule has 0 spiro atoms. The first-order valence-corrected chi connectivity index (χ1v) is 4.49. The second-order valence-corrected chi connectivity index (χ2v) is 3.36. The molecule has 0 radical (unpaired) electrons. The van der Waals surface area contributed by atoms with E-state index >= 15 is 0 Å². The smallest absolute Gasteiger partial charge is 0.0884 e. The molecule has 1 rings (SSSR count). The van der Waals surface area contributed by atoms with Crippen LogP contribution in [0.25, 0.3) is 0 Å². The first-order chi connectivity index (χ1) is 5.74. The molecule has 0 saturated carbocycles. The van der Waals surface area contributed by atoms with E-state index in [9.17, 15) is 0 Å². The highest BCUT2D eigenvalue weighted by molar-refractivity contribution is 9.10. The Bertz CT molecular complexity index is 295. The van der Waals surface area contributed by atoms with Gasteiger partial charge in [-0.1, -0.05) is 6.07 Å². The molecule has 12 heavy (non-hydrogen) atoms. The van der Waals surface area contributed by atoms with E-state index < -0.39 is 0 Å². The van der Waals surface area contributed by atoms with Crippen LogP contribution in [0.4, 0.5) is 5.69 Å². The Balaban J connectivity index is 2.94. The molecule has 0 amide bonds. The molecular weight excluding hydrogens is 216 g/mol. The second-order valence-electron chi connectivity index (χ2n) is 2.50. The molecule has 0 fully saturated rings. The zero-order chi connectivity index (χ0) is 8.97. The Morgan fingerprint density at radius 2 is 2.25 bits per heavy atom. The van der Waals surface area contributed by atoms with E-state index in [4.69, 9.17) is 0 Å². The van der Waals surface area contributed by atoms with Gasteiger partial charge >= 0.3 is 0 Å². The molecule has 64 valence electrons. The molecule has 3 heteroatoms. The first kappa shape index (κ1) is 9.26. The maximum atomic E-state index is 4.18. The van der Waals surface area contributed by atoms with Gasteiger partial charge in [-0.05, 0) is 40.5 Å². The normalized spacial score (nSPS) is 10.6. The minimum atomic E-state index is 0.940. The predicted octanol–water partition coefficient (Wildman–Crippen LogP) is 2.64. The number of aliphatic imine (C=N–C) groups is 1. The monoisotopic (exact) mass is 226 g/mol. The lowest BCUT2D eigenvalue weighted by molar-refractivity contribution is 1.20. The highest BCUT2D eigenvalue weighted by Gasteiger charge is 1.95. The SMILES string of the molecule is CN/C=N/c1ccc(C)cc1Br. The molecule has 1 aromatic carbocycles. The Hall–Kier alpha value is -0.830. The first-order valence-electron chi connectivity index (χ1n) is 3.70. The summed E-state index contributed by atoms with van der Waals surface area (Å²) >= 11 is 3.44. The van der Waals surface area contributed by atoms with Crippen LogP contribution in [-0.2, 0) is 0 Å². The molecule has 1 N–H and O–H groups in total. The standard InChI is InChI=1S/C9H11BrN2/c1-7-3-4-9(8(10)5-7)12-6-11-2/h3-6H,1-2H3,(H,11,12). The lowest BCUT2D eigenvalue weighted by Gasteiger charge is -1.98. The van der Waals surface area contributed by atoms with Gasteiger partial charge in [-0.3, -0.25) is 0 Å². The molecule has 0 saturated heterocycles. The number of nitrogens with zero attached hydrogens (tertiary/aromatic N) is 1.